The van der Waals surface area contributed by atoms with Gasteiger partial charge in [0, 0.05) is 24.8 Å². The molecule has 0 radical (unpaired) electrons. The number of carboxylic acids is 2. The number of carbonyl (C=O) groups is 2. The zero-order chi connectivity index (χ0) is 21.2. The summed E-state index contributed by atoms with van der Waals surface area (Å²) >= 11 is 0. The number of carboxylic acid groups (broad SMARTS) is 2. The SMILES string of the molecule is C(=C\c1ccncc1)/c1ccncc1.O=C(O)C12CC3CC(C1)CC(C(=O)O)(C3)C2. The Morgan fingerprint density at radius 3 is 1.47 bits per heavy atom. The molecule has 0 unspecified atom stereocenters. The first-order chi connectivity index (χ1) is 14.4. The molecule has 2 aromatic rings. The molecule has 4 aliphatic rings. The Labute approximate surface area is 175 Å². The van der Waals surface area contributed by atoms with Gasteiger partial charge in [-0.1, -0.05) is 12.2 Å². The second-order valence-corrected chi connectivity index (χ2v) is 9.03. The number of nitrogens with zero attached hydrogens (tertiary/aromatic N) is 2. The van der Waals surface area contributed by atoms with E-state index >= 15 is 0 Å². The molecular formula is C24H26N2O4. The molecule has 6 nitrogen and oxygen atoms in total. The molecular weight excluding hydrogens is 380 g/mol. The molecule has 0 aromatic carbocycles. The Kier molecular flexibility index (Phi) is 5.41. The molecule has 30 heavy (non-hydrogen) atoms. The number of rotatable bonds is 4. The first kappa shape index (κ1) is 20.3. The van der Waals surface area contributed by atoms with Crippen molar-refractivity contribution in [3.05, 3.63) is 60.2 Å². The van der Waals surface area contributed by atoms with Crippen LogP contribution in [0.2, 0.25) is 0 Å². The van der Waals surface area contributed by atoms with Gasteiger partial charge < -0.3 is 10.2 Å². The van der Waals surface area contributed by atoms with Gasteiger partial charge in [0.15, 0.2) is 0 Å². The van der Waals surface area contributed by atoms with Gasteiger partial charge in [0.1, 0.15) is 0 Å². The summed E-state index contributed by atoms with van der Waals surface area (Å²) in [6, 6.07) is 7.88. The van der Waals surface area contributed by atoms with Gasteiger partial charge >= 0.3 is 11.9 Å². The van der Waals surface area contributed by atoms with Crippen molar-refractivity contribution in [1.82, 2.24) is 9.97 Å². The van der Waals surface area contributed by atoms with Crippen LogP contribution in [-0.4, -0.2) is 32.1 Å². The third-order valence-electron chi connectivity index (χ3n) is 6.85. The van der Waals surface area contributed by atoms with Crippen LogP contribution in [0.3, 0.4) is 0 Å². The van der Waals surface area contributed by atoms with E-state index in [2.05, 4.69) is 22.1 Å². The smallest absolute Gasteiger partial charge is 0.309 e. The highest BCUT2D eigenvalue weighted by Gasteiger charge is 2.63. The van der Waals surface area contributed by atoms with Crippen LogP contribution >= 0.6 is 0 Å². The lowest BCUT2D eigenvalue weighted by Crippen LogP contribution is -2.57. The van der Waals surface area contributed by atoms with Crippen LogP contribution in [0.4, 0.5) is 0 Å². The monoisotopic (exact) mass is 406 g/mol. The van der Waals surface area contributed by atoms with E-state index in [0.29, 0.717) is 43.9 Å². The fourth-order valence-electron chi connectivity index (χ4n) is 5.90. The molecule has 2 N–H and O–H groups in total. The van der Waals surface area contributed by atoms with E-state index in [0.717, 1.165) is 17.5 Å². The molecule has 4 fully saturated rings. The number of pyridine rings is 2. The highest BCUT2D eigenvalue weighted by Crippen LogP contribution is 2.65. The Morgan fingerprint density at radius 1 is 0.767 bits per heavy atom. The molecule has 0 aliphatic heterocycles. The Morgan fingerprint density at radius 2 is 1.13 bits per heavy atom. The van der Waals surface area contributed by atoms with Crippen molar-refractivity contribution in [1.29, 1.82) is 0 Å². The lowest BCUT2D eigenvalue weighted by atomic mass is 9.44. The Hall–Kier alpha value is -3.02. The van der Waals surface area contributed by atoms with E-state index in [-0.39, 0.29) is 0 Å². The predicted octanol–water partition coefficient (Wildman–Crippen LogP) is 4.39. The molecule has 6 rings (SSSR count). The van der Waals surface area contributed by atoms with Crippen LogP contribution < -0.4 is 0 Å². The fraction of sp³-hybridized carbons (Fsp3) is 0.417. The Bertz CT molecular complexity index is 855. The molecule has 4 saturated carbocycles. The van der Waals surface area contributed by atoms with Crippen molar-refractivity contribution >= 4 is 24.1 Å². The molecule has 0 saturated heterocycles. The molecule has 2 aromatic heterocycles. The highest BCUT2D eigenvalue weighted by molar-refractivity contribution is 5.81. The lowest BCUT2D eigenvalue weighted by Gasteiger charge is -2.58. The largest absolute Gasteiger partial charge is 0.481 e. The second kappa shape index (κ2) is 8.01. The van der Waals surface area contributed by atoms with Crippen molar-refractivity contribution in [2.75, 3.05) is 0 Å². The number of hydrogen-bond acceptors (Lipinski definition) is 4. The summed E-state index contributed by atoms with van der Waals surface area (Å²) < 4.78 is 0. The van der Waals surface area contributed by atoms with Crippen LogP contribution in [-0.2, 0) is 9.59 Å². The third-order valence-corrected chi connectivity index (χ3v) is 6.85. The predicted molar refractivity (Wildman–Crippen MR) is 112 cm³/mol. The summed E-state index contributed by atoms with van der Waals surface area (Å²) in [6.07, 6.45) is 15.5. The minimum atomic E-state index is -0.771. The summed E-state index contributed by atoms with van der Waals surface area (Å²) in [5.74, 6) is -0.888. The van der Waals surface area contributed by atoms with Crippen molar-refractivity contribution in [2.45, 2.75) is 38.5 Å². The van der Waals surface area contributed by atoms with Crippen LogP contribution in [0.5, 0.6) is 0 Å². The summed E-state index contributed by atoms with van der Waals surface area (Å²) in [5.41, 5.74) is 0.860. The van der Waals surface area contributed by atoms with Gasteiger partial charge in [-0.15, -0.1) is 0 Å². The maximum atomic E-state index is 11.4. The molecule has 6 heteroatoms. The molecule has 4 bridgehead atoms. The molecule has 0 amide bonds. The van der Waals surface area contributed by atoms with Gasteiger partial charge in [-0.3, -0.25) is 19.6 Å². The first-order valence-electron chi connectivity index (χ1n) is 10.4. The second-order valence-electron chi connectivity index (χ2n) is 9.03. The van der Waals surface area contributed by atoms with E-state index in [1.165, 1.54) is 0 Å². The van der Waals surface area contributed by atoms with E-state index in [1.807, 2.05) is 24.3 Å². The summed E-state index contributed by atoms with van der Waals surface area (Å²) in [7, 11) is 0. The van der Waals surface area contributed by atoms with Crippen LogP contribution in [0.15, 0.2) is 49.1 Å². The van der Waals surface area contributed by atoms with Gasteiger partial charge in [-0.2, -0.15) is 0 Å². The maximum absolute atomic E-state index is 11.4. The number of aromatic nitrogens is 2. The maximum Gasteiger partial charge on any atom is 0.309 e. The average Bonchev–Trinajstić information content (AvgIpc) is 2.73. The summed E-state index contributed by atoms with van der Waals surface area (Å²) in [6.45, 7) is 0. The normalized spacial score (nSPS) is 31.2. The number of aliphatic carboxylic acids is 2. The lowest BCUT2D eigenvalue weighted by molar-refractivity contribution is -0.187. The van der Waals surface area contributed by atoms with Gasteiger partial charge in [-0.05, 0) is 85.8 Å². The van der Waals surface area contributed by atoms with Crippen molar-refractivity contribution in [3.63, 3.8) is 0 Å². The standard InChI is InChI=1S/C12H10N2.C12H16O4/c1(11-3-7-13-8-4-11)2-12-5-9-14-10-6-12;13-9(14)11-2-7-1-8(4-11)5-12(3-7,6-11)10(15)16/h1-10H;7-8H,1-6H2,(H,13,14)(H,15,16)/b2-1+;. The molecule has 156 valence electrons. The van der Waals surface area contributed by atoms with Gasteiger partial charge in [0.25, 0.3) is 0 Å². The summed E-state index contributed by atoms with van der Waals surface area (Å²) in [4.78, 5) is 30.8. The van der Waals surface area contributed by atoms with Gasteiger partial charge in [0.05, 0.1) is 10.8 Å². The molecule has 0 spiro atoms. The highest BCUT2D eigenvalue weighted by atomic mass is 16.4. The average molecular weight is 406 g/mol. The first-order valence-corrected chi connectivity index (χ1v) is 10.4. The molecule has 0 atom stereocenters. The quantitative estimate of drug-likeness (QED) is 0.781. The van der Waals surface area contributed by atoms with E-state index < -0.39 is 22.8 Å². The van der Waals surface area contributed by atoms with E-state index in [1.54, 1.807) is 24.8 Å². The minimum Gasteiger partial charge on any atom is -0.481 e. The van der Waals surface area contributed by atoms with Gasteiger partial charge in [-0.25, -0.2) is 0 Å². The fourth-order valence-corrected chi connectivity index (χ4v) is 5.90. The van der Waals surface area contributed by atoms with E-state index in [4.69, 9.17) is 0 Å². The van der Waals surface area contributed by atoms with Crippen LogP contribution in [0.25, 0.3) is 12.2 Å². The number of hydrogen-bond donors (Lipinski definition) is 2. The van der Waals surface area contributed by atoms with Crippen molar-refractivity contribution < 1.29 is 19.8 Å². The zero-order valence-corrected chi connectivity index (χ0v) is 16.8. The van der Waals surface area contributed by atoms with Crippen LogP contribution in [0, 0.1) is 22.7 Å². The topological polar surface area (TPSA) is 100 Å². The van der Waals surface area contributed by atoms with Crippen molar-refractivity contribution in [3.8, 4) is 0 Å². The van der Waals surface area contributed by atoms with E-state index in [9.17, 15) is 19.8 Å². The summed E-state index contributed by atoms with van der Waals surface area (Å²) in [5, 5.41) is 18.8. The van der Waals surface area contributed by atoms with Crippen LogP contribution in [0.1, 0.15) is 49.7 Å². The third kappa shape index (κ3) is 3.99. The van der Waals surface area contributed by atoms with Crippen molar-refractivity contribution in [2.24, 2.45) is 22.7 Å². The minimum absolute atomic E-state index is 0.327. The Balaban J connectivity index is 0.000000147. The zero-order valence-electron chi connectivity index (χ0n) is 16.8. The molecule has 2 heterocycles. The van der Waals surface area contributed by atoms with Gasteiger partial charge in [0.2, 0.25) is 0 Å². The molecule has 4 aliphatic carbocycles.